The van der Waals surface area contributed by atoms with E-state index in [1.54, 1.807) is 11.6 Å². The van der Waals surface area contributed by atoms with E-state index in [2.05, 4.69) is 25.5 Å². The average molecular weight is 281 g/mol. The molecule has 3 heterocycles. The van der Waals surface area contributed by atoms with Crippen LogP contribution >= 0.6 is 11.3 Å². The van der Waals surface area contributed by atoms with Gasteiger partial charge in [0, 0.05) is 5.38 Å². The molecule has 98 valence electrons. The van der Waals surface area contributed by atoms with Gasteiger partial charge in [0.05, 0.1) is 6.54 Å². The minimum absolute atomic E-state index is 0.129. The third-order valence-electron chi connectivity index (χ3n) is 2.38. The Morgan fingerprint density at radius 1 is 1.58 bits per heavy atom. The number of nitrogens with zero attached hydrogens (tertiary/aromatic N) is 4. The van der Waals surface area contributed by atoms with Gasteiger partial charge in [-0.05, 0) is 4.92 Å². The number of fused-ring (bicyclic) bond motifs is 1. The van der Waals surface area contributed by atoms with E-state index in [0.29, 0.717) is 10.8 Å². The smallest absolute Gasteiger partial charge is 0.358 e. The number of imidazole rings is 1. The Morgan fingerprint density at radius 2 is 2.42 bits per heavy atom. The Balaban J connectivity index is 1.91. The lowest BCUT2D eigenvalue weighted by Crippen LogP contribution is -2.06. The van der Waals surface area contributed by atoms with Crippen molar-refractivity contribution in [2.24, 2.45) is 0 Å². The number of hydrogen-bond donors (Lipinski definition) is 3. The van der Waals surface area contributed by atoms with Crippen LogP contribution in [0.2, 0.25) is 0 Å². The first-order chi connectivity index (χ1) is 9.15. The summed E-state index contributed by atoms with van der Waals surface area (Å²) in [6.07, 6.45) is 1.58. The number of nitrogens with one attached hydrogen (secondary N) is 3. The Bertz CT molecular complexity index is 797. The highest BCUT2D eigenvalue weighted by Crippen LogP contribution is 2.27. The third kappa shape index (κ3) is 1.95. The zero-order valence-corrected chi connectivity index (χ0v) is 10.1. The Kier molecular flexibility index (Phi) is 2.52. The molecule has 3 rings (SSSR count). The molecule has 0 aliphatic rings. The summed E-state index contributed by atoms with van der Waals surface area (Å²) >= 11 is 1.29. The van der Waals surface area contributed by atoms with Crippen molar-refractivity contribution >= 4 is 27.9 Å². The van der Waals surface area contributed by atoms with Gasteiger partial charge in [0.25, 0.3) is 4.96 Å². The molecular weight excluding hydrogens is 274 g/mol. The summed E-state index contributed by atoms with van der Waals surface area (Å²) in [5.74, 6) is 0.338. The van der Waals surface area contributed by atoms with Gasteiger partial charge in [0.15, 0.2) is 0 Å². The Hall–Kier alpha value is -2.69. The molecule has 10 nitrogen and oxygen atoms in total. The highest BCUT2D eigenvalue weighted by molar-refractivity contribution is 7.15. The van der Waals surface area contributed by atoms with Crippen molar-refractivity contribution in [3.63, 3.8) is 0 Å². The van der Waals surface area contributed by atoms with Crippen LogP contribution in [-0.2, 0) is 6.54 Å². The van der Waals surface area contributed by atoms with Crippen LogP contribution in [0.25, 0.3) is 4.96 Å². The summed E-state index contributed by atoms with van der Waals surface area (Å²) in [7, 11) is 0. The van der Waals surface area contributed by atoms with E-state index in [1.165, 1.54) is 15.7 Å². The number of thiazole rings is 1. The molecule has 0 unspecified atom stereocenters. The zero-order chi connectivity index (χ0) is 13.4. The molecule has 0 aliphatic heterocycles. The molecule has 0 spiro atoms. The molecule has 3 N–H and O–H groups in total. The molecule has 0 bridgehead atoms. The standard InChI is InChI=1S/C8H7N7O3S/c16-7-10-4(12-13-7)3-9-5-6(15(17)18)14-1-2-19-8(14)11-5/h1-2,9H,3H2,(H2,10,12,13,16). The minimum atomic E-state index is -0.512. The van der Waals surface area contributed by atoms with Crippen molar-refractivity contribution in [3.8, 4) is 0 Å². The van der Waals surface area contributed by atoms with E-state index in [9.17, 15) is 14.9 Å². The maximum Gasteiger partial charge on any atom is 0.372 e. The van der Waals surface area contributed by atoms with Crippen molar-refractivity contribution in [1.82, 2.24) is 24.6 Å². The predicted octanol–water partition coefficient (Wildman–Crippen LogP) is 0.327. The lowest BCUT2D eigenvalue weighted by Gasteiger charge is -1.99. The number of rotatable bonds is 4. The molecule has 3 aromatic heterocycles. The molecule has 0 amide bonds. The monoisotopic (exact) mass is 281 g/mol. The lowest BCUT2D eigenvalue weighted by molar-refractivity contribution is -0.389. The van der Waals surface area contributed by atoms with Crippen LogP contribution in [0.15, 0.2) is 16.4 Å². The van der Waals surface area contributed by atoms with E-state index in [4.69, 9.17) is 0 Å². The van der Waals surface area contributed by atoms with Gasteiger partial charge in [-0.25, -0.2) is 9.89 Å². The SMILES string of the molecule is O=c1[nH]nc(CNc2nc3sccn3c2[N+](=O)[O-])[nH]1. The highest BCUT2D eigenvalue weighted by Gasteiger charge is 2.23. The van der Waals surface area contributed by atoms with E-state index >= 15 is 0 Å². The van der Waals surface area contributed by atoms with Gasteiger partial charge in [-0.15, -0.1) is 0 Å². The second kappa shape index (κ2) is 4.20. The van der Waals surface area contributed by atoms with Crippen molar-refractivity contribution in [1.29, 1.82) is 0 Å². The van der Waals surface area contributed by atoms with Crippen LogP contribution in [0, 0.1) is 10.1 Å². The van der Waals surface area contributed by atoms with Crippen molar-refractivity contribution in [2.75, 3.05) is 5.32 Å². The molecular formula is C8H7N7O3S. The minimum Gasteiger partial charge on any atom is -0.358 e. The van der Waals surface area contributed by atoms with Crippen molar-refractivity contribution in [2.45, 2.75) is 6.54 Å². The van der Waals surface area contributed by atoms with Gasteiger partial charge in [0.2, 0.25) is 5.82 Å². The summed E-state index contributed by atoms with van der Waals surface area (Å²) in [4.78, 5) is 28.4. The van der Waals surface area contributed by atoms with Crippen LogP contribution in [-0.4, -0.2) is 29.5 Å². The van der Waals surface area contributed by atoms with Crippen LogP contribution in [0.5, 0.6) is 0 Å². The number of aromatic nitrogens is 5. The molecule has 0 saturated carbocycles. The van der Waals surface area contributed by atoms with Gasteiger partial charge in [-0.2, -0.15) is 14.5 Å². The Labute approximate surface area is 108 Å². The molecule has 19 heavy (non-hydrogen) atoms. The van der Waals surface area contributed by atoms with E-state index < -0.39 is 10.6 Å². The zero-order valence-electron chi connectivity index (χ0n) is 9.28. The quantitative estimate of drug-likeness (QED) is 0.466. The van der Waals surface area contributed by atoms with E-state index in [1.807, 2.05) is 0 Å². The summed E-state index contributed by atoms with van der Waals surface area (Å²) in [6, 6.07) is 0. The van der Waals surface area contributed by atoms with Crippen molar-refractivity contribution < 1.29 is 4.92 Å². The number of H-pyrrole nitrogens is 2. The molecule has 0 aliphatic carbocycles. The number of anilines is 1. The van der Waals surface area contributed by atoms with E-state index in [-0.39, 0.29) is 18.2 Å². The molecule has 0 saturated heterocycles. The van der Waals surface area contributed by atoms with Crippen LogP contribution < -0.4 is 11.0 Å². The fourth-order valence-electron chi connectivity index (χ4n) is 1.62. The molecule has 0 radical (unpaired) electrons. The van der Waals surface area contributed by atoms with Gasteiger partial charge in [-0.1, -0.05) is 11.3 Å². The second-order valence-electron chi connectivity index (χ2n) is 3.57. The second-order valence-corrected chi connectivity index (χ2v) is 4.45. The largest absolute Gasteiger partial charge is 0.372 e. The first-order valence-electron chi connectivity index (χ1n) is 5.12. The summed E-state index contributed by atoms with van der Waals surface area (Å²) in [6.45, 7) is 0.129. The van der Waals surface area contributed by atoms with Crippen LogP contribution in [0.3, 0.4) is 0 Å². The fraction of sp³-hybridized carbons (Fsp3) is 0.125. The first-order valence-corrected chi connectivity index (χ1v) is 6.00. The van der Waals surface area contributed by atoms with Crippen molar-refractivity contribution in [3.05, 3.63) is 38.0 Å². The summed E-state index contributed by atoms with van der Waals surface area (Å²) in [5.41, 5.74) is -0.433. The summed E-state index contributed by atoms with van der Waals surface area (Å²) < 4.78 is 1.39. The fourth-order valence-corrected chi connectivity index (χ4v) is 2.33. The van der Waals surface area contributed by atoms with Crippen LogP contribution in [0.4, 0.5) is 11.6 Å². The normalized spacial score (nSPS) is 10.9. The molecule has 0 fully saturated rings. The van der Waals surface area contributed by atoms with E-state index in [0.717, 1.165) is 0 Å². The number of aromatic amines is 2. The summed E-state index contributed by atoms with van der Waals surface area (Å²) in [5, 5.41) is 21.4. The predicted molar refractivity (Wildman–Crippen MR) is 66.3 cm³/mol. The van der Waals surface area contributed by atoms with Gasteiger partial charge in [-0.3, -0.25) is 4.98 Å². The average Bonchev–Trinajstić information content (AvgIpc) is 3.00. The first kappa shape index (κ1) is 11.4. The maximum absolute atomic E-state index is 11.0. The molecule has 0 atom stereocenters. The van der Waals surface area contributed by atoms with Gasteiger partial charge in [0.1, 0.15) is 12.0 Å². The molecule has 3 aromatic rings. The molecule has 0 aromatic carbocycles. The Morgan fingerprint density at radius 3 is 3.11 bits per heavy atom. The van der Waals surface area contributed by atoms with Gasteiger partial charge >= 0.3 is 11.5 Å². The highest BCUT2D eigenvalue weighted by atomic mass is 32.1. The lowest BCUT2D eigenvalue weighted by atomic mass is 10.5. The third-order valence-corrected chi connectivity index (χ3v) is 3.14. The molecule has 11 heteroatoms. The van der Waals surface area contributed by atoms with Crippen LogP contribution in [0.1, 0.15) is 5.82 Å². The number of nitro groups is 1. The number of hydrogen-bond acceptors (Lipinski definition) is 7. The van der Waals surface area contributed by atoms with Gasteiger partial charge < -0.3 is 15.4 Å². The maximum atomic E-state index is 11.0. The topological polar surface area (TPSA) is 134 Å².